The lowest BCUT2D eigenvalue weighted by Gasteiger charge is -2.19. The van der Waals surface area contributed by atoms with E-state index in [0.29, 0.717) is 48.0 Å². The molecule has 0 bridgehead atoms. The minimum atomic E-state index is -0.402. The summed E-state index contributed by atoms with van der Waals surface area (Å²) >= 11 is 3.23. The lowest BCUT2D eigenvalue weighted by molar-refractivity contribution is -0.127. The fourth-order valence-corrected chi connectivity index (χ4v) is 5.66. The predicted molar refractivity (Wildman–Crippen MR) is 145 cm³/mol. The summed E-state index contributed by atoms with van der Waals surface area (Å²) in [7, 11) is 1.81. The summed E-state index contributed by atoms with van der Waals surface area (Å²) in [5.74, 6) is 0.952. The highest BCUT2D eigenvalue weighted by Crippen LogP contribution is 2.30. The average Bonchev–Trinajstić information content (AvgIpc) is 3.68. The van der Waals surface area contributed by atoms with Crippen LogP contribution >= 0.6 is 15.9 Å². The molecule has 3 aromatic rings. The Morgan fingerprint density at radius 3 is 2.68 bits per heavy atom. The minimum absolute atomic E-state index is 0.109. The quantitative estimate of drug-likeness (QED) is 0.381. The molecule has 9 nitrogen and oxygen atoms in total. The molecule has 1 aliphatic heterocycles. The van der Waals surface area contributed by atoms with Crippen molar-refractivity contribution in [3.8, 4) is 0 Å². The Hall–Kier alpha value is -3.14. The van der Waals surface area contributed by atoms with Crippen LogP contribution in [0.1, 0.15) is 61.9 Å². The Balaban J connectivity index is 1.37. The van der Waals surface area contributed by atoms with Gasteiger partial charge >= 0.3 is 0 Å². The summed E-state index contributed by atoms with van der Waals surface area (Å²) in [5.41, 5.74) is 2.31. The molecule has 3 amide bonds. The minimum Gasteiger partial charge on any atom is -0.444 e. The van der Waals surface area contributed by atoms with Crippen molar-refractivity contribution < 1.29 is 18.8 Å². The number of aromatic nitrogens is 2. The molecule has 10 heteroatoms. The van der Waals surface area contributed by atoms with Gasteiger partial charge in [-0.2, -0.15) is 0 Å². The van der Waals surface area contributed by atoms with E-state index in [-0.39, 0.29) is 17.6 Å². The zero-order valence-corrected chi connectivity index (χ0v) is 22.6. The van der Waals surface area contributed by atoms with E-state index in [1.54, 1.807) is 24.1 Å². The third-order valence-electron chi connectivity index (χ3n) is 7.43. The van der Waals surface area contributed by atoms with Gasteiger partial charge < -0.3 is 18.8 Å². The number of fused-ring (bicyclic) bond motifs is 1. The molecule has 196 valence electrons. The predicted octanol–water partition coefficient (Wildman–Crippen LogP) is 5.20. The average molecular weight is 570 g/mol. The Labute approximate surface area is 224 Å². The van der Waals surface area contributed by atoms with Gasteiger partial charge in [0.1, 0.15) is 0 Å². The first-order valence-corrected chi connectivity index (χ1v) is 13.8. The fourth-order valence-electron chi connectivity index (χ4n) is 5.35. The zero-order valence-electron chi connectivity index (χ0n) is 21.0. The summed E-state index contributed by atoms with van der Waals surface area (Å²) in [5, 5.41) is 2.87. The van der Waals surface area contributed by atoms with Crippen LogP contribution in [0.5, 0.6) is 0 Å². The Morgan fingerprint density at radius 1 is 1.16 bits per heavy atom. The summed E-state index contributed by atoms with van der Waals surface area (Å²) in [6.07, 6.45) is 7.49. The Kier molecular flexibility index (Phi) is 7.64. The first-order valence-electron chi connectivity index (χ1n) is 13.0. The number of likely N-dealkylation sites (tertiary alicyclic amines) is 1. The van der Waals surface area contributed by atoms with E-state index < -0.39 is 5.91 Å². The van der Waals surface area contributed by atoms with Crippen molar-refractivity contribution in [3.63, 3.8) is 0 Å². The van der Waals surface area contributed by atoms with Crippen LogP contribution in [0.15, 0.2) is 39.4 Å². The molecule has 2 fully saturated rings. The molecule has 5 rings (SSSR count). The van der Waals surface area contributed by atoms with Gasteiger partial charge in [-0.1, -0.05) is 12.8 Å². The van der Waals surface area contributed by atoms with Crippen LogP contribution in [-0.2, 0) is 16.1 Å². The number of amides is 3. The summed E-state index contributed by atoms with van der Waals surface area (Å²) in [4.78, 5) is 46.1. The number of anilines is 2. The monoisotopic (exact) mass is 569 g/mol. The van der Waals surface area contributed by atoms with Crippen molar-refractivity contribution in [1.82, 2.24) is 14.5 Å². The van der Waals surface area contributed by atoms with Crippen molar-refractivity contribution in [1.29, 1.82) is 0 Å². The molecule has 0 atom stereocenters. The molecule has 0 spiro atoms. The second-order valence-corrected chi connectivity index (χ2v) is 10.7. The molecule has 0 unspecified atom stereocenters. The maximum absolute atomic E-state index is 12.9. The van der Waals surface area contributed by atoms with Gasteiger partial charge in [-0.3, -0.25) is 19.7 Å². The highest BCUT2D eigenvalue weighted by molar-refractivity contribution is 9.10. The maximum atomic E-state index is 12.9. The number of rotatable bonds is 9. The van der Waals surface area contributed by atoms with Gasteiger partial charge in [0.05, 0.1) is 11.0 Å². The van der Waals surface area contributed by atoms with Crippen LogP contribution in [0.4, 0.5) is 11.6 Å². The second-order valence-electron chi connectivity index (χ2n) is 9.96. The van der Waals surface area contributed by atoms with Crippen molar-refractivity contribution in [3.05, 3.63) is 40.8 Å². The van der Waals surface area contributed by atoms with Crippen molar-refractivity contribution in [2.75, 3.05) is 30.4 Å². The second kappa shape index (κ2) is 11.1. The van der Waals surface area contributed by atoms with E-state index in [1.807, 2.05) is 27.7 Å². The first-order chi connectivity index (χ1) is 17.9. The largest absolute Gasteiger partial charge is 0.444 e. The van der Waals surface area contributed by atoms with Crippen LogP contribution in [0.25, 0.3) is 11.0 Å². The van der Waals surface area contributed by atoms with Gasteiger partial charge in [-0.05, 0) is 77.9 Å². The van der Waals surface area contributed by atoms with Crippen LogP contribution in [0.2, 0.25) is 0 Å². The van der Waals surface area contributed by atoms with E-state index in [2.05, 4.69) is 21.2 Å². The lowest BCUT2D eigenvalue weighted by Crippen LogP contribution is -2.27. The van der Waals surface area contributed by atoms with Crippen LogP contribution in [0, 0.1) is 5.92 Å². The van der Waals surface area contributed by atoms with Crippen LogP contribution < -0.4 is 10.2 Å². The summed E-state index contributed by atoms with van der Waals surface area (Å²) < 4.78 is 7.83. The van der Waals surface area contributed by atoms with Gasteiger partial charge in [0.2, 0.25) is 17.8 Å². The first kappa shape index (κ1) is 25.5. The highest BCUT2D eigenvalue weighted by Gasteiger charge is 2.23. The fraction of sp³-hybridized carbons (Fsp3) is 0.481. The molecule has 2 aliphatic rings. The summed E-state index contributed by atoms with van der Waals surface area (Å²) in [6.45, 7) is 2.03. The standard InChI is InChI=1S/C27H32BrN5O4/c1-31(25(35)16-18-6-2-3-7-18)19-9-10-21-20(17-19)29-27(30-26(36)22-11-12-23(28)37-22)33(21)15-5-14-32-13-4-8-24(32)34/h9-12,17-18H,2-8,13-16H2,1H3,(H,29,30,36). The summed E-state index contributed by atoms with van der Waals surface area (Å²) in [6, 6.07) is 9.01. The molecule has 2 aromatic heterocycles. The smallest absolute Gasteiger partial charge is 0.293 e. The Morgan fingerprint density at radius 2 is 1.97 bits per heavy atom. The van der Waals surface area contributed by atoms with Gasteiger partial charge in [-0.15, -0.1) is 0 Å². The van der Waals surface area contributed by atoms with E-state index in [4.69, 9.17) is 9.40 Å². The number of benzene rings is 1. The maximum Gasteiger partial charge on any atom is 0.293 e. The third-order valence-corrected chi connectivity index (χ3v) is 7.86. The molecule has 0 radical (unpaired) electrons. The molecule has 1 saturated carbocycles. The molecule has 37 heavy (non-hydrogen) atoms. The number of nitrogens with zero attached hydrogens (tertiary/aromatic N) is 4. The number of halogens is 1. The van der Waals surface area contributed by atoms with Crippen LogP contribution in [-0.4, -0.2) is 52.3 Å². The molecular formula is C27H32BrN5O4. The van der Waals surface area contributed by atoms with E-state index >= 15 is 0 Å². The molecule has 1 aliphatic carbocycles. The molecule has 1 N–H and O–H groups in total. The number of furan rings is 1. The van der Waals surface area contributed by atoms with Gasteiger partial charge in [0, 0.05) is 45.2 Å². The molecular weight excluding hydrogens is 538 g/mol. The van der Waals surface area contributed by atoms with Gasteiger partial charge in [0.25, 0.3) is 5.91 Å². The SMILES string of the molecule is CN(C(=O)CC1CCCC1)c1ccc2c(c1)nc(NC(=O)c1ccc(Br)o1)n2CCCN1CCCC1=O. The number of hydrogen-bond donors (Lipinski definition) is 1. The number of carbonyl (C=O) groups is 3. The van der Waals surface area contributed by atoms with E-state index in [9.17, 15) is 14.4 Å². The van der Waals surface area contributed by atoms with Crippen molar-refractivity contribution in [2.24, 2.45) is 5.92 Å². The topological polar surface area (TPSA) is 101 Å². The molecule has 3 heterocycles. The highest BCUT2D eigenvalue weighted by atomic mass is 79.9. The normalized spacial score (nSPS) is 16.2. The van der Waals surface area contributed by atoms with E-state index in [1.165, 1.54) is 12.8 Å². The number of nitrogens with one attached hydrogen (secondary N) is 1. The van der Waals surface area contributed by atoms with Gasteiger partial charge in [0.15, 0.2) is 10.4 Å². The number of hydrogen-bond acceptors (Lipinski definition) is 5. The molecule has 1 saturated heterocycles. The van der Waals surface area contributed by atoms with Crippen LogP contribution in [0.3, 0.4) is 0 Å². The number of imidazole rings is 1. The number of carbonyl (C=O) groups excluding carboxylic acids is 3. The lowest BCUT2D eigenvalue weighted by atomic mass is 10.0. The Bertz CT molecular complexity index is 1310. The molecule has 1 aromatic carbocycles. The van der Waals surface area contributed by atoms with Crippen molar-refractivity contribution in [2.45, 2.75) is 57.9 Å². The van der Waals surface area contributed by atoms with E-state index in [0.717, 1.165) is 43.4 Å². The zero-order chi connectivity index (χ0) is 25.9. The number of aryl methyl sites for hydroxylation is 1. The van der Waals surface area contributed by atoms with Gasteiger partial charge in [-0.25, -0.2) is 4.98 Å². The third kappa shape index (κ3) is 5.74. The van der Waals surface area contributed by atoms with Crippen molar-refractivity contribution >= 4 is 56.3 Å².